The standard InChI is InChI=1S/C43H47N5O.Pt/c1-26-17-18-44-40(19-26)47-38-14-12-11-13-36(38)37-16-15-34(25-39(37)47)49-35-23-31(43(6,7)8)22-33(24-35)48-30(5)42(29(4)45-48)41-27(2)20-32(46(9)10)21-28(41)3;/h11-20,22-23,28,32,41H,21H2,1-10H3;/q-2;+2/t28-,32-,41?;/m0./s1. The molecule has 260 valence electrons. The van der Waals surface area contributed by atoms with E-state index in [1.807, 2.05) is 18.3 Å². The predicted octanol–water partition coefficient (Wildman–Crippen LogP) is 9.98. The molecule has 50 heavy (non-hydrogen) atoms. The molecule has 6 aromatic rings. The molecule has 0 spiro atoms. The molecule has 3 heterocycles. The van der Waals surface area contributed by atoms with Crippen LogP contribution in [0.25, 0.3) is 33.3 Å². The molecule has 1 unspecified atom stereocenters. The zero-order valence-electron chi connectivity index (χ0n) is 30.8. The van der Waals surface area contributed by atoms with Crippen LogP contribution in [0, 0.1) is 38.8 Å². The number of para-hydroxylation sites is 1. The summed E-state index contributed by atoms with van der Waals surface area (Å²) in [5, 5.41) is 7.40. The fourth-order valence-electron chi connectivity index (χ4n) is 7.72. The van der Waals surface area contributed by atoms with E-state index in [0.29, 0.717) is 29.4 Å². The molecule has 0 aliphatic heterocycles. The minimum Gasteiger partial charge on any atom is -0.509 e. The molecule has 1 aliphatic carbocycles. The smallest absolute Gasteiger partial charge is 0.509 e. The Labute approximate surface area is 311 Å². The van der Waals surface area contributed by atoms with Gasteiger partial charge < -0.3 is 14.2 Å². The second-order valence-electron chi connectivity index (χ2n) is 15.2. The topological polar surface area (TPSA) is 48.1 Å². The zero-order valence-corrected chi connectivity index (χ0v) is 33.1. The molecule has 3 aromatic carbocycles. The van der Waals surface area contributed by atoms with Gasteiger partial charge in [0.25, 0.3) is 0 Å². The number of rotatable bonds is 6. The maximum atomic E-state index is 6.66. The minimum atomic E-state index is -0.115. The van der Waals surface area contributed by atoms with Crippen LogP contribution in [0.2, 0.25) is 0 Å². The third kappa shape index (κ3) is 6.49. The summed E-state index contributed by atoms with van der Waals surface area (Å²) in [6.45, 7) is 17.8. The summed E-state index contributed by atoms with van der Waals surface area (Å²) in [6, 6.07) is 28.7. The SMILES string of the molecule is CC1=C[C@H](N(C)C)C[C@H](C)C1c1c(C)nn(-c2[c-]c(Oc3[c-]c4c(cc3)c3ccccc3n4-c3cc(C)ccn3)cc(C(C)(C)C)c2)c1C.[Pt+2]. The van der Waals surface area contributed by atoms with Crippen molar-refractivity contribution in [2.24, 2.45) is 5.92 Å². The molecule has 0 saturated heterocycles. The second-order valence-corrected chi connectivity index (χ2v) is 15.2. The zero-order chi connectivity index (χ0) is 34.8. The van der Waals surface area contributed by atoms with Crippen molar-refractivity contribution in [1.29, 1.82) is 0 Å². The number of benzene rings is 3. The third-order valence-electron chi connectivity index (χ3n) is 10.3. The number of pyridine rings is 1. The molecule has 3 atom stereocenters. The molecule has 0 fully saturated rings. The first-order chi connectivity index (χ1) is 23.3. The molecule has 0 amide bonds. The second kappa shape index (κ2) is 13.6. The van der Waals surface area contributed by atoms with Crippen molar-refractivity contribution < 1.29 is 25.8 Å². The van der Waals surface area contributed by atoms with Crippen molar-refractivity contribution >= 4 is 21.8 Å². The molecule has 0 radical (unpaired) electrons. The van der Waals surface area contributed by atoms with Crippen LogP contribution in [0.15, 0.2) is 78.5 Å². The van der Waals surface area contributed by atoms with Gasteiger partial charge in [-0.25, -0.2) is 4.98 Å². The predicted molar refractivity (Wildman–Crippen MR) is 201 cm³/mol. The van der Waals surface area contributed by atoms with Crippen molar-refractivity contribution in [3.05, 3.63) is 119 Å². The molecule has 0 saturated carbocycles. The molecule has 6 nitrogen and oxygen atoms in total. The van der Waals surface area contributed by atoms with E-state index in [-0.39, 0.29) is 26.5 Å². The van der Waals surface area contributed by atoms with Gasteiger partial charge in [-0.3, -0.25) is 4.68 Å². The number of fused-ring (bicyclic) bond motifs is 3. The van der Waals surface area contributed by atoms with Gasteiger partial charge in [0.05, 0.1) is 5.69 Å². The van der Waals surface area contributed by atoms with E-state index in [2.05, 4.69) is 150 Å². The van der Waals surface area contributed by atoms with Crippen LogP contribution in [0.1, 0.15) is 75.0 Å². The van der Waals surface area contributed by atoms with E-state index < -0.39 is 0 Å². The van der Waals surface area contributed by atoms with Crippen molar-refractivity contribution in [1.82, 2.24) is 24.2 Å². The average molecular weight is 845 g/mol. The van der Waals surface area contributed by atoms with Crippen LogP contribution in [-0.4, -0.2) is 44.4 Å². The first kappa shape index (κ1) is 35.8. The Morgan fingerprint density at radius 2 is 1.66 bits per heavy atom. The number of allylic oxidation sites excluding steroid dienone is 1. The maximum absolute atomic E-state index is 6.66. The maximum Gasteiger partial charge on any atom is 2.00 e. The van der Waals surface area contributed by atoms with Gasteiger partial charge in [-0.2, -0.15) is 11.2 Å². The Morgan fingerprint density at radius 3 is 2.36 bits per heavy atom. The van der Waals surface area contributed by atoms with Crippen LogP contribution in [-0.2, 0) is 26.5 Å². The Hall–Kier alpha value is -3.99. The fraction of sp³-hybridized carbons (Fsp3) is 0.349. The number of likely N-dealkylation sites (N-methyl/N-ethyl adjacent to an activating group) is 1. The Morgan fingerprint density at radius 1 is 0.900 bits per heavy atom. The van der Waals surface area contributed by atoms with Gasteiger partial charge in [-0.05, 0) is 94.4 Å². The van der Waals surface area contributed by atoms with Gasteiger partial charge in [0.2, 0.25) is 0 Å². The first-order valence-electron chi connectivity index (χ1n) is 17.4. The van der Waals surface area contributed by atoms with Crippen molar-refractivity contribution in [3.8, 4) is 23.0 Å². The Kier molecular flexibility index (Phi) is 9.76. The van der Waals surface area contributed by atoms with Crippen LogP contribution < -0.4 is 4.74 Å². The van der Waals surface area contributed by atoms with Crippen LogP contribution in [0.4, 0.5) is 0 Å². The number of nitrogens with zero attached hydrogens (tertiary/aromatic N) is 5. The van der Waals surface area contributed by atoms with Gasteiger partial charge in [-0.15, -0.1) is 41.3 Å². The van der Waals surface area contributed by atoms with E-state index in [9.17, 15) is 0 Å². The molecule has 3 aromatic heterocycles. The fourth-order valence-corrected chi connectivity index (χ4v) is 7.72. The van der Waals surface area contributed by atoms with Crippen molar-refractivity contribution in [2.75, 3.05) is 14.1 Å². The van der Waals surface area contributed by atoms with Gasteiger partial charge >= 0.3 is 21.1 Å². The summed E-state index contributed by atoms with van der Waals surface area (Å²) in [7, 11) is 4.34. The van der Waals surface area contributed by atoms with Crippen molar-refractivity contribution in [3.63, 3.8) is 0 Å². The molecule has 7 heteroatoms. The average Bonchev–Trinajstić information content (AvgIpc) is 3.53. The van der Waals surface area contributed by atoms with Crippen LogP contribution >= 0.6 is 0 Å². The van der Waals surface area contributed by atoms with E-state index >= 15 is 0 Å². The number of ether oxygens (including phenoxy) is 1. The number of hydrogen-bond donors (Lipinski definition) is 0. The van der Waals surface area contributed by atoms with E-state index in [1.54, 1.807) is 0 Å². The molecule has 0 N–H and O–H groups in total. The van der Waals surface area contributed by atoms with Gasteiger partial charge in [0, 0.05) is 46.4 Å². The van der Waals surface area contributed by atoms with Crippen LogP contribution in [0.3, 0.4) is 0 Å². The number of hydrogen-bond acceptors (Lipinski definition) is 4. The quantitative estimate of drug-likeness (QED) is 0.124. The summed E-state index contributed by atoms with van der Waals surface area (Å²) in [4.78, 5) is 7.05. The van der Waals surface area contributed by atoms with E-state index in [1.165, 1.54) is 11.1 Å². The van der Waals surface area contributed by atoms with Crippen LogP contribution in [0.5, 0.6) is 11.5 Å². The first-order valence-corrected chi connectivity index (χ1v) is 17.4. The number of aromatic nitrogens is 4. The third-order valence-corrected chi connectivity index (χ3v) is 10.3. The van der Waals surface area contributed by atoms with Crippen molar-refractivity contribution in [2.45, 2.75) is 79.2 Å². The summed E-state index contributed by atoms with van der Waals surface area (Å²) in [5.74, 6) is 2.96. The summed E-state index contributed by atoms with van der Waals surface area (Å²) >= 11 is 0. The van der Waals surface area contributed by atoms with Gasteiger partial charge in [-0.1, -0.05) is 63.1 Å². The van der Waals surface area contributed by atoms with Gasteiger partial charge in [0.15, 0.2) is 0 Å². The Balaban J connectivity index is 0.00000432. The molecular weight excluding hydrogens is 798 g/mol. The molecule has 1 aliphatic rings. The summed E-state index contributed by atoms with van der Waals surface area (Å²) < 4.78 is 10.9. The van der Waals surface area contributed by atoms with E-state index in [0.717, 1.165) is 62.2 Å². The number of aryl methyl sites for hydroxylation is 2. The molecule has 7 rings (SSSR count). The molecular formula is C43H47N5OPt. The van der Waals surface area contributed by atoms with E-state index in [4.69, 9.17) is 14.8 Å². The minimum absolute atomic E-state index is 0. The molecule has 0 bridgehead atoms. The monoisotopic (exact) mass is 844 g/mol. The Bertz CT molecular complexity index is 2230. The largest absolute Gasteiger partial charge is 2.00 e. The van der Waals surface area contributed by atoms with Gasteiger partial charge in [0.1, 0.15) is 5.82 Å². The normalized spacial score (nSPS) is 18.1. The summed E-state index contributed by atoms with van der Waals surface area (Å²) in [5.41, 5.74) is 10.0. The summed E-state index contributed by atoms with van der Waals surface area (Å²) in [6.07, 6.45) is 5.43.